The quantitative estimate of drug-likeness (QED) is 0.786. The van der Waals surface area contributed by atoms with Crippen LogP contribution in [0.1, 0.15) is 22.0 Å². The molecule has 2 N–H and O–H groups in total. The van der Waals surface area contributed by atoms with Gasteiger partial charge in [-0.25, -0.2) is 8.42 Å². The molecule has 0 radical (unpaired) electrons. The van der Waals surface area contributed by atoms with E-state index < -0.39 is 10.0 Å². The molecular weight excluding hydrogens is 346 g/mol. The maximum absolute atomic E-state index is 12.4. The van der Waals surface area contributed by atoms with Crippen molar-refractivity contribution in [2.24, 2.45) is 0 Å². The summed E-state index contributed by atoms with van der Waals surface area (Å²) >= 11 is 1.62. The lowest BCUT2D eigenvalue weighted by atomic mass is 10.1. The number of amides is 1. The molecule has 1 aromatic heterocycles. The topological polar surface area (TPSA) is 78.5 Å². The molecule has 6 nitrogen and oxygen atoms in total. The molecule has 2 aromatic rings. The summed E-state index contributed by atoms with van der Waals surface area (Å²) in [7, 11) is 0.553. The lowest BCUT2D eigenvalue weighted by Gasteiger charge is -2.24. The summed E-state index contributed by atoms with van der Waals surface area (Å²) < 4.78 is 24.9. The average Bonchev–Trinajstić information content (AvgIpc) is 2.99. The Bertz CT molecular complexity index is 787. The van der Waals surface area contributed by atoms with Gasteiger partial charge in [0, 0.05) is 17.8 Å². The van der Waals surface area contributed by atoms with E-state index in [1.807, 2.05) is 30.4 Å². The Labute approximate surface area is 146 Å². The smallest absolute Gasteiger partial charge is 0.251 e. The van der Waals surface area contributed by atoms with Crippen molar-refractivity contribution in [3.63, 3.8) is 0 Å². The molecule has 2 rings (SSSR count). The van der Waals surface area contributed by atoms with Crippen LogP contribution >= 0.6 is 11.3 Å². The largest absolute Gasteiger partial charge is 0.350 e. The van der Waals surface area contributed by atoms with Gasteiger partial charge in [-0.2, -0.15) is 11.3 Å². The Balaban J connectivity index is 2.05. The van der Waals surface area contributed by atoms with E-state index in [2.05, 4.69) is 15.4 Å². The van der Waals surface area contributed by atoms with Gasteiger partial charge in [-0.3, -0.25) is 9.52 Å². The first-order valence-corrected chi connectivity index (χ1v) is 10.1. The lowest BCUT2D eigenvalue weighted by Crippen LogP contribution is -2.34. The van der Waals surface area contributed by atoms with E-state index in [0.29, 0.717) is 17.8 Å². The van der Waals surface area contributed by atoms with Crippen molar-refractivity contribution >= 4 is 33.0 Å². The number of hydrogen-bond acceptors (Lipinski definition) is 5. The predicted molar refractivity (Wildman–Crippen MR) is 98.0 cm³/mol. The van der Waals surface area contributed by atoms with Crippen LogP contribution in [-0.4, -0.2) is 46.1 Å². The fraction of sp³-hybridized carbons (Fsp3) is 0.312. The Morgan fingerprint density at radius 1 is 1.29 bits per heavy atom. The van der Waals surface area contributed by atoms with Crippen LogP contribution < -0.4 is 10.0 Å². The highest BCUT2D eigenvalue weighted by Crippen LogP contribution is 2.20. The Morgan fingerprint density at radius 3 is 2.62 bits per heavy atom. The minimum atomic E-state index is -3.37. The Hall–Kier alpha value is -1.90. The van der Waals surface area contributed by atoms with Gasteiger partial charge in [0.25, 0.3) is 5.91 Å². The van der Waals surface area contributed by atoms with E-state index >= 15 is 0 Å². The number of hydrogen-bond donors (Lipinski definition) is 2. The fourth-order valence-electron chi connectivity index (χ4n) is 2.29. The van der Waals surface area contributed by atoms with Gasteiger partial charge >= 0.3 is 0 Å². The first-order valence-electron chi connectivity index (χ1n) is 7.31. The first-order chi connectivity index (χ1) is 11.3. The van der Waals surface area contributed by atoms with Crippen LogP contribution in [0.4, 0.5) is 5.69 Å². The molecule has 24 heavy (non-hydrogen) atoms. The maximum atomic E-state index is 12.4. The molecule has 0 fully saturated rings. The zero-order valence-electron chi connectivity index (χ0n) is 13.8. The summed E-state index contributed by atoms with van der Waals surface area (Å²) in [6.07, 6.45) is 1.07. The molecule has 0 saturated carbocycles. The van der Waals surface area contributed by atoms with E-state index in [1.165, 1.54) is 6.07 Å². The molecule has 1 amide bonds. The number of benzene rings is 1. The number of nitrogens with zero attached hydrogens (tertiary/aromatic N) is 1. The molecule has 1 heterocycles. The van der Waals surface area contributed by atoms with Gasteiger partial charge in [-0.1, -0.05) is 6.07 Å². The van der Waals surface area contributed by atoms with E-state index in [1.54, 1.807) is 29.5 Å². The highest BCUT2D eigenvalue weighted by Gasteiger charge is 2.16. The maximum Gasteiger partial charge on any atom is 0.251 e. The second-order valence-electron chi connectivity index (χ2n) is 5.70. The summed E-state index contributed by atoms with van der Waals surface area (Å²) in [5.74, 6) is -0.241. The van der Waals surface area contributed by atoms with Gasteiger partial charge in [0.1, 0.15) is 0 Å². The minimum absolute atomic E-state index is 0.0810. The molecule has 8 heteroatoms. The zero-order chi connectivity index (χ0) is 17.7. The Kier molecular flexibility index (Phi) is 5.98. The summed E-state index contributed by atoms with van der Waals surface area (Å²) in [5, 5.41) is 6.98. The number of likely N-dealkylation sites (N-methyl/N-ethyl adjacent to an activating group) is 1. The van der Waals surface area contributed by atoms with Crippen molar-refractivity contribution < 1.29 is 13.2 Å². The second kappa shape index (κ2) is 7.78. The molecular formula is C16H21N3O3S2. The van der Waals surface area contributed by atoms with Crippen LogP contribution in [-0.2, 0) is 10.0 Å². The summed E-state index contributed by atoms with van der Waals surface area (Å²) in [6.45, 7) is 0.465. The molecule has 0 aliphatic heterocycles. The summed E-state index contributed by atoms with van der Waals surface area (Å²) in [5.41, 5.74) is 1.93. The monoisotopic (exact) mass is 367 g/mol. The van der Waals surface area contributed by atoms with E-state index in [4.69, 9.17) is 0 Å². The van der Waals surface area contributed by atoms with Crippen LogP contribution in [0.15, 0.2) is 41.1 Å². The fourth-order valence-corrected chi connectivity index (χ4v) is 3.55. The van der Waals surface area contributed by atoms with Gasteiger partial charge < -0.3 is 10.2 Å². The van der Waals surface area contributed by atoms with E-state index in [-0.39, 0.29) is 11.9 Å². The number of nitrogens with one attached hydrogen (secondary N) is 2. The number of carbonyl (C=O) groups is 1. The number of carbonyl (C=O) groups excluding carboxylic acids is 1. The predicted octanol–water partition coefficient (Wildman–Crippen LogP) is 2.15. The van der Waals surface area contributed by atoms with Crippen LogP contribution in [0.25, 0.3) is 0 Å². The van der Waals surface area contributed by atoms with Crippen molar-refractivity contribution in [3.8, 4) is 0 Å². The van der Waals surface area contributed by atoms with Crippen LogP contribution in [0.3, 0.4) is 0 Å². The average molecular weight is 367 g/mol. The standard InChI is InChI=1S/C16H21N3O3S2/c1-19(2)15(13-7-8-23-11-13)10-17-16(20)12-5-4-6-14(9-12)18-24(3,21)22/h4-9,11,15,18H,10H2,1-3H3,(H,17,20)/t15-/m1/s1. The minimum Gasteiger partial charge on any atom is -0.350 e. The van der Waals surface area contributed by atoms with Gasteiger partial charge in [0.15, 0.2) is 0 Å². The van der Waals surface area contributed by atoms with Crippen LogP contribution in [0, 0.1) is 0 Å². The van der Waals surface area contributed by atoms with Gasteiger partial charge in [-0.15, -0.1) is 0 Å². The highest BCUT2D eigenvalue weighted by molar-refractivity contribution is 7.92. The molecule has 0 aliphatic carbocycles. The third-order valence-electron chi connectivity index (χ3n) is 3.44. The van der Waals surface area contributed by atoms with E-state index in [9.17, 15) is 13.2 Å². The molecule has 130 valence electrons. The summed E-state index contributed by atoms with van der Waals surface area (Å²) in [4.78, 5) is 14.4. The summed E-state index contributed by atoms with van der Waals surface area (Å²) in [6, 6.07) is 8.54. The molecule has 0 unspecified atom stereocenters. The molecule has 0 aliphatic rings. The number of rotatable bonds is 7. The Morgan fingerprint density at radius 2 is 2.04 bits per heavy atom. The molecule has 1 aromatic carbocycles. The van der Waals surface area contributed by atoms with Gasteiger partial charge in [0.2, 0.25) is 10.0 Å². The molecule has 0 bridgehead atoms. The van der Waals surface area contributed by atoms with Crippen LogP contribution in [0.5, 0.6) is 0 Å². The normalized spacial score (nSPS) is 12.8. The highest BCUT2D eigenvalue weighted by atomic mass is 32.2. The van der Waals surface area contributed by atoms with E-state index in [0.717, 1.165) is 11.8 Å². The van der Waals surface area contributed by atoms with Crippen molar-refractivity contribution in [2.75, 3.05) is 31.6 Å². The van der Waals surface area contributed by atoms with Crippen molar-refractivity contribution in [1.29, 1.82) is 0 Å². The van der Waals surface area contributed by atoms with Gasteiger partial charge in [-0.05, 0) is 54.7 Å². The van der Waals surface area contributed by atoms with Gasteiger partial charge in [0.05, 0.1) is 12.3 Å². The zero-order valence-corrected chi connectivity index (χ0v) is 15.4. The van der Waals surface area contributed by atoms with Crippen LogP contribution in [0.2, 0.25) is 0 Å². The number of anilines is 1. The van der Waals surface area contributed by atoms with Crippen molar-refractivity contribution in [2.45, 2.75) is 6.04 Å². The molecule has 0 saturated heterocycles. The molecule has 0 spiro atoms. The van der Waals surface area contributed by atoms with Crippen molar-refractivity contribution in [1.82, 2.24) is 10.2 Å². The third kappa shape index (κ3) is 5.33. The first kappa shape index (κ1) is 18.4. The SMILES string of the molecule is CN(C)[C@H](CNC(=O)c1cccc(NS(C)(=O)=O)c1)c1ccsc1. The second-order valence-corrected chi connectivity index (χ2v) is 8.23. The lowest BCUT2D eigenvalue weighted by molar-refractivity contribution is 0.0942. The third-order valence-corrected chi connectivity index (χ3v) is 4.74. The number of sulfonamides is 1. The van der Waals surface area contributed by atoms with Crippen molar-refractivity contribution in [3.05, 3.63) is 52.2 Å². The molecule has 1 atom stereocenters. The number of thiophene rings is 1.